The second kappa shape index (κ2) is 40.3. The van der Waals surface area contributed by atoms with Gasteiger partial charge in [0.25, 0.3) is 0 Å². The van der Waals surface area contributed by atoms with Crippen LogP contribution >= 0.6 is 0 Å². The Morgan fingerprint density at radius 1 is 0.931 bits per heavy atom. The van der Waals surface area contributed by atoms with Crippen molar-refractivity contribution in [1.29, 1.82) is 0 Å². The number of hydrogen-bond donors (Lipinski definition) is 3. The summed E-state index contributed by atoms with van der Waals surface area (Å²) in [4.78, 5) is 10.9. The van der Waals surface area contributed by atoms with Gasteiger partial charge in [-0.05, 0) is 58.9 Å². The summed E-state index contributed by atoms with van der Waals surface area (Å²) in [5.74, 6) is -0.343. The molecule has 0 aliphatic carbocycles. The summed E-state index contributed by atoms with van der Waals surface area (Å²) in [6.07, 6.45) is 5.25. The highest BCUT2D eigenvalue weighted by Crippen LogP contribution is 2.05. The molecule has 4 N–H and O–H groups in total. The zero-order chi connectivity index (χ0) is 23.9. The van der Waals surface area contributed by atoms with Gasteiger partial charge in [0.15, 0.2) is 0 Å². The number of anilines is 1. The number of ether oxygens (including phenoxy) is 2. The van der Waals surface area contributed by atoms with Gasteiger partial charge in [-0.25, -0.2) is 4.79 Å². The van der Waals surface area contributed by atoms with Crippen LogP contribution in [0.1, 0.15) is 45.0 Å². The molecule has 0 spiro atoms. The summed E-state index contributed by atoms with van der Waals surface area (Å²) < 4.78 is 9.33. The normalized spacial score (nSPS) is 7.31. The second-order valence-electron chi connectivity index (χ2n) is 4.57. The van der Waals surface area contributed by atoms with Gasteiger partial charge in [-0.15, -0.1) is 19.7 Å². The van der Waals surface area contributed by atoms with Crippen molar-refractivity contribution in [3.63, 3.8) is 0 Å². The van der Waals surface area contributed by atoms with E-state index in [9.17, 15) is 4.79 Å². The Morgan fingerprint density at radius 2 is 1.24 bits per heavy atom. The average molecular weight is 414 g/mol. The van der Waals surface area contributed by atoms with E-state index in [1.807, 2.05) is 34.6 Å². The smallest absolute Gasteiger partial charge is 0.337 e. The molecule has 0 bridgehead atoms. The van der Waals surface area contributed by atoms with Crippen LogP contribution < -0.4 is 5.73 Å². The number of benzene rings is 1. The van der Waals surface area contributed by atoms with E-state index in [2.05, 4.69) is 24.5 Å². The van der Waals surface area contributed by atoms with Gasteiger partial charge in [-0.1, -0.05) is 18.2 Å². The second-order valence-corrected chi connectivity index (χ2v) is 4.57. The average Bonchev–Trinajstić information content (AvgIpc) is 2.71. The molecule has 0 unspecified atom stereocenters. The number of nitrogen functional groups attached to an aromatic ring is 1. The molecule has 0 radical (unpaired) electrons. The van der Waals surface area contributed by atoms with Crippen LogP contribution in [0.3, 0.4) is 0 Å². The van der Waals surface area contributed by atoms with Crippen LogP contribution in [0.15, 0.2) is 62.2 Å². The first-order valence-corrected chi connectivity index (χ1v) is 9.26. The first-order valence-electron chi connectivity index (χ1n) is 9.26. The van der Waals surface area contributed by atoms with Crippen LogP contribution in [-0.2, 0) is 9.47 Å². The number of aliphatic hydroxyl groups is 2. The molecule has 0 aromatic heterocycles. The highest BCUT2D eigenvalue weighted by atomic mass is 16.5. The number of allylic oxidation sites excluding steroid dienone is 3. The lowest BCUT2D eigenvalue weighted by molar-refractivity contribution is 0.0600. The minimum absolute atomic E-state index is 0.125. The maximum absolute atomic E-state index is 10.9. The Hall–Kier alpha value is -2.41. The molecule has 0 fully saturated rings. The summed E-state index contributed by atoms with van der Waals surface area (Å²) in [6.45, 7) is 21.2. The molecule has 170 valence electrons. The van der Waals surface area contributed by atoms with Crippen molar-refractivity contribution >= 4 is 11.7 Å². The van der Waals surface area contributed by atoms with Gasteiger partial charge >= 0.3 is 5.97 Å². The van der Waals surface area contributed by atoms with E-state index < -0.39 is 0 Å². The van der Waals surface area contributed by atoms with Crippen molar-refractivity contribution in [2.24, 2.45) is 0 Å². The van der Waals surface area contributed by atoms with Crippen LogP contribution in [-0.4, -0.2) is 49.7 Å². The molecule has 0 atom stereocenters. The van der Waals surface area contributed by atoms with Crippen LogP contribution in [0.2, 0.25) is 0 Å². The predicted octanol–water partition coefficient (Wildman–Crippen LogP) is 4.65. The first kappa shape index (κ1) is 37.4. The third kappa shape index (κ3) is 51.7. The maximum atomic E-state index is 10.9. The minimum Gasteiger partial charge on any atom is -0.465 e. The molecule has 0 amide bonds. The summed E-state index contributed by atoms with van der Waals surface area (Å²) in [5, 5.41) is 15.2. The molecule has 1 aromatic rings. The fraction of sp³-hybridized carbons (Fsp3) is 0.435. The summed E-state index contributed by atoms with van der Waals surface area (Å²) in [7, 11) is 1.35. The zero-order valence-corrected chi connectivity index (χ0v) is 19.2. The number of hydrogen-bond acceptors (Lipinski definition) is 6. The van der Waals surface area contributed by atoms with Crippen molar-refractivity contribution in [2.75, 3.05) is 39.3 Å². The van der Waals surface area contributed by atoms with Crippen molar-refractivity contribution in [1.82, 2.24) is 0 Å². The van der Waals surface area contributed by atoms with Gasteiger partial charge in [-0.2, -0.15) is 0 Å². The van der Waals surface area contributed by atoms with E-state index >= 15 is 0 Å². The molecule has 6 heteroatoms. The monoisotopic (exact) mass is 413 g/mol. The summed E-state index contributed by atoms with van der Waals surface area (Å²) in [5.41, 5.74) is 6.57. The molecule has 6 nitrogen and oxygen atoms in total. The van der Waals surface area contributed by atoms with Gasteiger partial charge in [-0.3, -0.25) is 0 Å². The van der Waals surface area contributed by atoms with E-state index in [-0.39, 0.29) is 19.2 Å². The Kier molecular flexibility index (Phi) is 51.9. The Bertz CT molecular complexity index is 427. The Balaban J connectivity index is -0.0000000903. The van der Waals surface area contributed by atoms with Crippen LogP contribution in [0.5, 0.6) is 0 Å². The van der Waals surface area contributed by atoms with E-state index in [4.69, 9.17) is 20.7 Å². The van der Waals surface area contributed by atoms with Gasteiger partial charge in [0.2, 0.25) is 0 Å². The number of aliphatic hydroxyl groups excluding tert-OH is 2. The Morgan fingerprint density at radius 3 is 1.41 bits per heavy atom. The van der Waals surface area contributed by atoms with E-state index in [1.165, 1.54) is 7.11 Å². The number of esters is 1. The van der Waals surface area contributed by atoms with Crippen LogP contribution in [0.4, 0.5) is 5.69 Å². The predicted molar refractivity (Wildman–Crippen MR) is 126 cm³/mol. The number of rotatable bonds is 4. The molecule has 1 rings (SSSR count). The maximum Gasteiger partial charge on any atom is 0.337 e. The van der Waals surface area contributed by atoms with Crippen molar-refractivity contribution in [3.05, 3.63) is 67.8 Å². The van der Waals surface area contributed by atoms with E-state index in [0.29, 0.717) is 11.3 Å². The molecular weight excluding hydrogens is 370 g/mol. The van der Waals surface area contributed by atoms with Crippen molar-refractivity contribution in [3.8, 4) is 0 Å². The third-order valence-electron chi connectivity index (χ3n) is 1.84. The highest BCUT2D eigenvalue weighted by Gasteiger charge is 2.02. The number of carbonyl (C=O) groups is 1. The fourth-order valence-electron chi connectivity index (χ4n) is 0.941. The molecule has 29 heavy (non-hydrogen) atoms. The first-order chi connectivity index (χ1) is 13.8. The summed E-state index contributed by atoms with van der Waals surface area (Å²) >= 11 is 0. The van der Waals surface area contributed by atoms with Gasteiger partial charge in [0.1, 0.15) is 0 Å². The number of nitrogens with two attached hydrogens (primary N) is 1. The van der Waals surface area contributed by atoms with Gasteiger partial charge in [0, 0.05) is 18.9 Å². The van der Waals surface area contributed by atoms with Gasteiger partial charge in [0.05, 0.1) is 25.9 Å². The standard InChI is InChI=1S/C8H9NO2.C4H10O.3C3H6.C2H6O2/c1-11-8(10)6-2-4-7(9)5-3-6;1-3-5-4-2;3*1-3-2;3-1-2-4/h2-5H,9H2,1H3;3-4H2,1-2H3;3*3H,1H2,2H3;3-4H,1-2H2. The lowest BCUT2D eigenvalue weighted by Crippen LogP contribution is -2.00. The summed E-state index contributed by atoms with van der Waals surface area (Å²) in [6, 6.07) is 6.57. The molecule has 0 heterocycles. The largest absolute Gasteiger partial charge is 0.465 e. The topological polar surface area (TPSA) is 102 Å². The van der Waals surface area contributed by atoms with E-state index in [1.54, 1.807) is 42.5 Å². The van der Waals surface area contributed by atoms with Gasteiger partial charge < -0.3 is 25.4 Å². The lowest BCUT2D eigenvalue weighted by Gasteiger charge is -1.97. The van der Waals surface area contributed by atoms with Crippen LogP contribution in [0, 0.1) is 0 Å². The zero-order valence-electron chi connectivity index (χ0n) is 19.2. The van der Waals surface area contributed by atoms with Crippen molar-refractivity contribution < 1.29 is 24.5 Å². The Labute approximate surface area is 178 Å². The fourth-order valence-corrected chi connectivity index (χ4v) is 0.941. The third-order valence-corrected chi connectivity index (χ3v) is 1.84. The molecular formula is C23H43NO5. The van der Waals surface area contributed by atoms with Crippen molar-refractivity contribution in [2.45, 2.75) is 34.6 Å². The molecule has 0 aliphatic rings. The van der Waals surface area contributed by atoms with E-state index in [0.717, 1.165) is 13.2 Å². The SMILES string of the molecule is C=CC.C=CC.C=CC.CCOCC.COC(=O)c1ccc(N)cc1.OCCO. The minimum atomic E-state index is -0.343. The lowest BCUT2D eigenvalue weighted by atomic mass is 10.2. The quantitative estimate of drug-likeness (QED) is 0.377. The molecule has 1 aromatic carbocycles. The molecule has 0 saturated carbocycles. The number of carbonyl (C=O) groups excluding carboxylic acids is 1. The van der Waals surface area contributed by atoms with Crippen LogP contribution in [0.25, 0.3) is 0 Å². The molecule has 0 saturated heterocycles. The number of methoxy groups -OCH3 is 1. The molecule has 0 aliphatic heterocycles. The highest BCUT2D eigenvalue weighted by molar-refractivity contribution is 5.89.